The van der Waals surface area contributed by atoms with Crippen molar-refractivity contribution in [3.63, 3.8) is 0 Å². The molecule has 1 aliphatic carbocycles. The second-order valence-electron chi connectivity index (χ2n) is 10.8. The Morgan fingerprint density at radius 3 is 2.56 bits per heavy atom. The number of hydrogen-bond donors (Lipinski definition) is 1. The average molecular weight is 570 g/mol. The molecule has 3 aliphatic rings. The van der Waals surface area contributed by atoms with E-state index in [9.17, 15) is 23.1 Å². The third-order valence-electron chi connectivity index (χ3n) is 8.14. The minimum Gasteiger partial charge on any atom is -0.477 e. The molecule has 13 heteroatoms. The molecule has 1 N–H and O–H groups in total. The molecule has 2 unspecified atom stereocenters. The van der Waals surface area contributed by atoms with E-state index in [-0.39, 0.29) is 47.6 Å². The maximum Gasteiger partial charge on any atom is 0.573 e. The lowest BCUT2D eigenvalue weighted by atomic mass is 9.99. The Morgan fingerprint density at radius 1 is 1.10 bits per heavy atom. The van der Waals surface area contributed by atoms with Crippen LogP contribution in [0.3, 0.4) is 0 Å². The van der Waals surface area contributed by atoms with Crippen molar-refractivity contribution in [3.05, 3.63) is 59.6 Å². The highest BCUT2D eigenvalue weighted by Gasteiger charge is 2.43. The van der Waals surface area contributed by atoms with Crippen molar-refractivity contribution < 1.29 is 37.1 Å². The minimum absolute atomic E-state index is 0.0515. The number of rotatable bonds is 8. The van der Waals surface area contributed by atoms with Crippen molar-refractivity contribution in [2.75, 3.05) is 4.90 Å². The van der Waals surface area contributed by atoms with Gasteiger partial charge in [0, 0.05) is 35.3 Å². The summed E-state index contributed by atoms with van der Waals surface area (Å²) in [5.41, 5.74) is 1.52. The Balaban J connectivity index is 1.10. The molecular formula is C28H26F3N5O5. The third-order valence-corrected chi connectivity index (χ3v) is 8.14. The molecule has 2 saturated heterocycles. The molecule has 41 heavy (non-hydrogen) atoms. The smallest absolute Gasteiger partial charge is 0.477 e. The number of carboxylic acid groups (broad SMARTS) is 1. The first-order valence-electron chi connectivity index (χ1n) is 13.6. The monoisotopic (exact) mass is 569 g/mol. The molecule has 0 amide bonds. The van der Waals surface area contributed by atoms with Gasteiger partial charge in [0.05, 0.1) is 18.9 Å². The maximum atomic E-state index is 13.1. The van der Waals surface area contributed by atoms with Gasteiger partial charge >= 0.3 is 12.3 Å². The molecule has 0 radical (unpaired) electrons. The van der Waals surface area contributed by atoms with Gasteiger partial charge in [-0.1, -0.05) is 17.3 Å². The van der Waals surface area contributed by atoms with Crippen LogP contribution >= 0.6 is 0 Å². The molecule has 2 bridgehead atoms. The van der Waals surface area contributed by atoms with E-state index in [4.69, 9.17) is 9.26 Å². The molecule has 214 valence electrons. The number of nitrogens with zero attached hydrogens (tertiary/aromatic N) is 5. The molecule has 0 spiro atoms. The van der Waals surface area contributed by atoms with Crippen LogP contribution in [0.2, 0.25) is 0 Å². The van der Waals surface area contributed by atoms with Crippen molar-refractivity contribution in [2.24, 2.45) is 0 Å². The Morgan fingerprint density at radius 2 is 1.85 bits per heavy atom. The van der Waals surface area contributed by atoms with Crippen molar-refractivity contribution in [2.45, 2.75) is 75.6 Å². The molecule has 5 heterocycles. The molecule has 4 aromatic rings. The van der Waals surface area contributed by atoms with E-state index in [2.05, 4.69) is 24.9 Å². The van der Waals surface area contributed by atoms with Gasteiger partial charge < -0.3 is 24.0 Å². The highest BCUT2D eigenvalue weighted by molar-refractivity contribution is 5.94. The Labute approximate surface area is 231 Å². The predicted octanol–water partition coefficient (Wildman–Crippen LogP) is 5.58. The summed E-state index contributed by atoms with van der Waals surface area (Å²) in [4.78, 5) is 18.5. The third kappa shape index (κ3) is 4.88. The van der Waals surface area contributed by atoms with Gasteiger partial charge in [0.2, 0.25) is 0 Å². The normalized spacial score (nSPS) is 22.4. The van der Waals surface area contributed by atoms with Crippen LogP contribution in [0.4, 0.5) is 19.0 Å². The van der Waals surface area contributed by atoms with E-state index in [0.29, 0.717) is 28.5 Å². The Bertz CT molecular complexity index is 1600. The number of anilines is 1. The summed E-state index contributed by atoms with van der Waals surface area (Å²) in [5, 5.41) is 17.7. The van der Waals surface area contributed by atoms with E-state index >= 15 is 0 Å². The van der Waals surface area contributed by atoms with Gasteiger partial charge in [-0.2, -0.15) is 5.10 Å². The second kappa shape index (κ2) is 9.75. The zero-order valence-electron chi connectivity index (χ0n) is 21.8. The number of piperidine rings is 1. The van der Waals surface area contributed by atoms with Gasteiger partial charge in [-0.3, -0.25) is 0 Å². The quantitative estimate of drug-likeness (QED) is 0.291. The van der Waals surface area contributed by atoms with E-state index in [1.165, 1.54) is 28.9 Å². The zero-order valence-corrected chi connectivity index (χ0v) is 21.8. The number of benzene rings is 1. The topological polar surface area (TPSA) is 115 Å². The number of carboxylic acids is 1. The minimum atomic E-state index is -4.84. The lowest BCUT2D eigenvalue weighted by molar-refractivity contribution is -0.274. The molecule has 2 atom stereocenters. The molecule has 10 nitrogen and oxygen atoms in total. The molecule has 3 aromatic heterocycles. The number of carbonyl (C=O) groups is 1. The highest BCUT2D eigenvalue weighted by atomic mass is 19.4. The van der Waals surface area contributed by atoms with Crippen LogP contribution < -0.4 is 9.64 Å². The number of halogens is 3. The standard InChI is InChI=1S/C28H26F3N5O5/c29-28(30,31)40-22-4-2-1-3-19(22)24-21(25(41-34-24)15-5-6-15)14-39-18-11-16-7-8-17(12-18)36(16)23-9-10-35-26(33-23)20(13-32-35)27(37)38/h1-4,9-10,13,15-18H,5-8,11-12,14H2,(H,37,38). The van der Waals surface area contributed by atoms with E-state index in [0.717, 1.165) is 38.5 Å². The summed E-state index contributed by atoms with van der Waals surface area (Å²) in [7, 11) is 0. The first-order chi connectivity index (χ1) is 19.7. The van der Waals surface area contributed by atoms with Crippen LogP contribution in [0, 0.1) is 0 Å². The number of ether oxygens (including phenoxy) is 2. The summed E-state index contributed by atoms with van der Waals surface area (Å²) >= 11 is 0. The summed E-state index contributed by atoms with van der Waals surface area (Å²) < 4.78 is 57.1. The van der Waals surface area contributed by atoms with Crippen molar-refractivity contribution in [3.8, 4) is 17.0 Å². The largest absolute Gasteiger partial charge is 0.573 e. The number of aromatic carboxylic acids is 1. The van der Waals surface area contributed by atoms with Crippen LogP contribution in [-0.4, -0.2) is 55.4 Å². The van der Waals surface area contributed by atoms with Crippen LogP contribution in [-0.2, 0) is 11.3 Å². The van der Waals surface area contributed by atoms with Crippen LogP contribution in [0.15, 0.2) is 47.2 Å². The van der Waals surface area contributed by atoms with Gasteiger partial charge in [-0.25, -0.2) is 14.3 Å². The molecular weight excluding hydrogens is 543 g/mol. The van der Waals surface area contributed by atoms with Gasteiger partial charge in [0.25, 0.3) is 0 Å². The number of aromatic nitrogens is 4. The zero-order chi connectivity index (χ0) is 28.3. The van der Waals surface area contributed by atoms with E-state index in [1.807, 2.05) is 6.07 Å². The molecule has 1 saturated carbocycles. The lowest BCUT2D eigenvalue weighted by Crippen LogP contribution is -2.46. The Hall–Kier alpha value is -4.13. The number of fused-ring (bicyclic) bond motifs is 3. The van der Waals surface area contributed by atoms with Crippen molar-refractivity contribution in [1.29, 1.82) is 0 Å². The number of alkyl halides is 3. The van der Waals surface area contributed by atoms with Crippen LogP contribution in [0.25, 0.3) is 16.9 Å². The fourth-order valence-corrected chi connectivity index (χ4v) is 6.21. The first kappa shape index (κ1) is 25.8. The van der Waals surface area contributed by atoms with Crippen LogP contribution in [0.5, 0.6) is 5.75 Å². The second-order valence-corrected chi connectivity index (χ2v) is 10.8. The first-order valence-corrected chi connectivity index (χ1v) is 13.6. The molecule has 7 rings (SSSR count). The fourth-order valence-electron chi connectivity index (χ4n) is 6.21. The molecule has 3 fully saturated rings. The summed E-state index contributed by atoms with van der Waals surface area (Å²) in [6, 6.07) is 8.10. The lowest BCUT2D eigenvalue weighted by Gasteiger charge is -2.39. The average Bonchev–Trinajstić information content (AvgIpc) is 3.44. The summed E-state index contributed by atoms with van der Waals surface area (Å²) in [6.45, 7) is 0.164. The Kier molecular flexibility index (Phi) is 6.14. The van der Waals surface area contributed by atoms with Crippen LogP contribution in [0.1, 0.15) is 66.1 Å². The number of hydrogen-bond acceptors (Lipinski definition) is 8. The summed E-state index contributed by atoms with van der Waals surface area (Å²) in [5.74, 6) is 0.145. The van der Waals surface area contributed by atoms with Gasteiger partial charge in [-0.05, 0) is 56.7 Å². The van der Waals surface area contributed by atoms with Crippen molar-refractivity contribution >= 4 is 17.4 Å². The van der Waals surface area contributed by atoms with E-state index < -0.39 is 12.3 Å². The fraction of sp³-hybridized carbons (Fsp3) is 0.429. The highest BCUT2D eigenvalue weighted by Crippen LogP contribution is 2.46. The maximum absolute atomic E-state index is 13.1. The van der Waals surface area contributed by atoms with Gasteiger partial charge in [0.1, 0.15) is 28.6 Å². The predicted molar refractivity (Wildman–Crippen MR) is 138 cm³/mol. The number of para-hydroxylation sites is 1. The summed E-state index contributed by atoms with van der Waals surface area (Å²) in [6.07, 6.45) is 3.36. The SMILES string of the molecule is O=C(O)c1cnn2ccc(N3C4CCC3CC(OCc3c(-c5ccccc5OC(F)(F)F)noc3C3CC3)C4)nc12. The molecule has 2 aliphatic heterocycles. The molecule has 1 aromatic carbocycles. The van der Waals surface area contributed by atoms with E-state index in [1.54, 1.807) is 12.3 Å². The van der Waals surface area contributed by atoms with Gasteiger partial charge in [-0.15, -0.1) is 13.2 Å². The van der Waals surface area contributed by atoms with Gasteiger partial charge in [0.15, 0.2) is 5.65 Å². The van der Waals surface area contributed by atoms with Crippen molar-refractivity contribution in [1.82, 2.24) is 19.8 Å².